The second kappa shape index (κ2) is 4.62. The van der Waals surface area contributed by atoms with Gasteiger partial charge >= 0.3 is 11.6 Å². The van der Waals surface area contributed by atoms with Gasteiger partial charge in [0.25, 0.3) is 0 Å². The molecule has 0 amide bonds. The number of carbonyl (C=O) groups is 1. The van der Waals surface area contributed by atoms with Gasteiger partial charge in [-0.1, -0.05) is 0 Å². The molecule has 0 unspecified atom stereocenters. The maximum atomic E-state index is 12.0. The van der Waals surface area contributed by atoms with Crippen molar-refractivity contribution in [3.05, 3.63) is 32.8 Å². The summed E-state index contributed by atoms with van der Waals surface area (Å²) in [5.74, 6) is -1.06. The van der Waals surface area contributed by atoms with Crippen LogP contribution in [0.15, 0.2) is 15.3 Å². The number of rotatable bonds is 2. The van der Waals surface area contributed by atoms with E-state index >= 15 is 0 Å². The van der Waals surface area contributed by atoms with E-state index in [1.54, 1.807) is 0 Å². The molecular weight excluding hydrogens is 266 g/mol. The lowest BCUT2D eigenvalue weighted by atomic mass is 9.97. The van der Waals surface area contributed by atoms with Gasteiger partial charge in [0.1, 0.15) is 10.2 Å². The molecule has 0 radical (unpaired) electrons. The van der Waals surface area contributed by atoms with Crippen LogP contribution in [0.4, 0.5) is 0 Å². The molecule has 2 aromatic heterocycles. The van der Waals surface area contributed by atoms with Gasteiger partial charge < -0.3 is 9.52 Å². The van der Waals surface area contributed by atoms with E-state index in [9.17, 15) is 9.59 Å². The normalized spacial score (nSPS) is 14.9. The molecule has 1 N–H and O–H groups in total. The zero-order valence-corrected chi connectivity index (χ0v) is 10.8. The first kappa shape index (κ1) is 12.1. The Kier molecular flexibility index (Phi) is 2.94. The highest BCUT2D eigenvalue weighted by molar-refractivity contribution is 7.18. The first-order valence-corrected chi connectivity index (χ1v) is 6.83. The lowest BCUT2D eigenvalue weighted by Crippen LogP contribution is -2.06. The van der Waals surface area contributed by atoms with E-state index in [1.807, 2.05) is 0 Å². The number of thiophene rings is 1. The van der Waals surface area contributed by atoms with Gasteiger partial charge in [0.15, 0.2) is 0 Å². The maximum absolute atomic E-state index is 12.0. The van der Waals surface area contributed by atoms with Gasteiger partial charge in [-0.2, -0.15) is 0 Å². The minimum atomic E-state index is -1.10. The Morgan fingerprint density at radius 1 is 1.37 bits per heavy atom. The molecule has 0 spiro atoms. The second-order valence-corrected chi connectivity index (χ2v) is 5.49. The molecule has 19 heavy (non-hydrogen) atoms. The molecule has 3 rings (SSSR count). The Hall–Kier alpha value is -1.95. The monoisotopic (exact) mass is 277 g/mol. The van der Waals surface area contributed by atoms with E-state index in [4.69, 9.17) is 9.52 Å². The lowest BCUT2D eigenvalue weighted by molar-refractivity contribution is -0.131. The van der Waals surface area contributed by atoms with Gasteiger partial charge in [0.2, 0.25) is 5.89 Å². The number of carboxylic acid groups (broad SMARTS) is 1. The molecule has 2 aromatic rings. The van der Waals surface area contributed by atoms with Gasteiger partial charge in [-0.05, 0) is 31.2 Å². The number of fused-ring (bicyclic) bond motifs is 3. The average molecular weight is 277 g/mol. The Balaban J connectivity index is 2.17. The molecule has 5 nitrogen and oxygen atoms in total. The van der Waals surface area contributed by atoms with Crippen LogP contribution in [-0.2, 0) is 17.6 Å². The number of aliphatic carboxylic acids is 1. The lowest BCUT2D eigenvalue weighted by Gasteiger charge is -2.09. The van der Waals surface area contributed by atoms with Crippen LogP contribution in [0.25, 0.3) is 16.3 Å². The summed E-state index contributed by atoms with van der Waals surface area (Å²) in [6, 6.07) is 0. The highest BCUT2D eigenvalue weighted by Crippen LogP contribution is 2.33. The first-order valence-electron chi connectivity index (χ1n) is 6.01. The predicted molar refractivity (Wildman–Crippen MR) is 71.5 cm³/mol. The second-order valence-electron chi connectivity index (χ2n) is 4.40. The summed E-state index contributed by atoms with van der Waals surface area (Å²) in [5, 5.41) is 9.13. The molecule has 0 fully saturated rings. The Morgan fingerprint density at radius 3 is 2.95 bits per heavy atom. The van der Waals surface area contributed by atoms with Gasteiger partial charge in [0, 0.05) is 17.0 Å². The zero-order chi connectivity index (χ0) is 13.4. The van der Waals surface area contributed by atoms with Crippen molar-refractivity contribution < 1.29 is 14.3 Å². The quantitative estimate of drug-likeness (QED) is 0.851. The van der Waals surface area contributed by atoms with E-state index < -0.39 is 11.6 Å². The summed E-state index contributed by atoms with van der Waals surface area (Å²) >= 11 is 1.51. The van der Waals surface area contributed by atoms with Crippen LogP contribution >= 0.6 is 11.3 Å². The van der Waals surface area contributed by atoms with Gasteiger partial charge in [-0.15, -0.1) is 11.3 Å². The fourth-order valence-electron chi connectivity index (χ4n) is 2.32. The summed E-state index contributed by atoms with van der Waals surface area (Å²) < 4.78 is 5.06. The van der Waals surface area contributed by atoms with Crippen molar-refractivity contribution >= 4 is 33.6 Å². The highest BCUT2D eigenvalue weighted by atomic mass is 32.1. The van der Waals surface area contributed by atoms with Crippen molar-refractivity contribution in [2.75, 3.05) is 0 Å². The third kappa shape index (κ3) is 2.19. The van der Waals surface area contributed by atoms with Crippen LogP contribution in [0.2, 0.25) is 0 Å². The van der Waals surface area contributed by atoms with Gasteiger partial charge in [0.05, 0.1) is 0 Å². The van der Waals surface area contributed by atoms with Crippen LogP contribution in [-0.4, -0.2) is 16.1 Å². The molecule has 0 aliphatic heterocycles. The fraction of sp³-hybridized carbons (Fsp3) is 0.308. The molecule has 0 saturated carbocycles. The average Bonchev–Trinajstić information content (AvgIpc) is 2.74. The number of aromatic nitrogens is 1. The van der Waals surface area contributed by atoms with Crippen molar-refractivity contribution in [3.63, 3.8) is 0 Å². The largest absolute Gasteiger partial charge is 0.478 e. The van der Waals surface area contributed by atoms with Gasteiger partial charge in [-0.3, -0.25) is 0 Å². The topological polar surface area (TPSA) is 80.4 Å². The molecule has 0 bridgehead atoms. The van der Waals surface area contributed by atoms with Crippen molar-refractivity contribution in [1.82, 2.24) is 4.98 Å². The molecule has 1 aliphatic carbocycles. The highest BCUT2D eigenvalue weighted by Gasteiger charge is 2.20. The molecule has 0 aromatic carbocycles. The number of aryl methyl sites for hydroxylation is 2. The van der Waals surface area contributed by atoms with Gasteiger partial charge in [-0.25, -0.2) is 14.6 Å². The van der Waals surface area contributed by atoms with E-state index in [-0.39, 0.29) is 5.89 Å². The van der Waals surface area contributed by atoms with Crippen LogP contribution in [0.1, 0.15) is 29.2 Å². The molecule has 6 heteroatoms. The molecule has 0 saturated heterocycles. The van der Waals surface area contributed by atoms with Crippen molar-refractivity contribution in [3.8, 4) is 0 Å². The molecular formula is C13H11NO4S. The summed E-state index contributed by atoms with van der Waals surface area (Å²) in [4.78, 5) is 28.5. The first-order chi connectivity index (χ1) is 9.15. The van der Waals surface area contributed by atoms with Crippen molar-refractivity contribution in [2.45, 2.75) is 25.7 Å². The summed E-state index contributed by atoms with van der Waals surface area (Å²) in [5.41, 5.74) is 0.649. The summed E-state index contributed by atoms with van der Waals surface area (Å²) in [7, 11) is 0. The van der Waals surface area contributed by atoms with Crippen molar-refractivity contribution in [2.24, 2.45) is 0 Å². The standard InChI is InChI=1S/C13H11NO4S/c15-10(16)6-5-9-14-12-11(13(17)18-9)7-3-1-2-4-8(7)19-12/h5-6H,1-4H2,(H,15,16)/b6-5+. The molecule has 1 aliphatic rings. The minimum absolute atomic E-state index is 0.0403. The van der Waals surface area contributed by atoms with E-state index in [0.717, 1.165) is 37.3 Å². The third-order valence-corrected chi connectivity index (χ3v) is 4.32. The maximum Gasteiger partial charge on any atom is 0.348 e. The predicted octanol–water partition coefficient (Wildman–Crippen LogP) is 2.23. The Morgan fingerprint density at radius 2 is 2.16 bits per heavy atom. The third-order valence-electron chi connectivity index (χ3n) is 3.13. The smallest absolute Gasteiger partial charge is 0.348 e. The van der Waals surface area contributed by atoms with Crippen LogP contribution < -0.4 is 5.63 Å². The van der Waals surface area contributed by atoms with E-state index in [1.165, 1.54) is 22.3 Å². The number of nitrogens with zero attached hydrogens (tertiary/aromatic N) is 1. The van der Waals surface area contributed by atoms with E-state index in [2.05, 4.69) is 4.98 Å². The van der Waals surface area contributed by atoms with Crippen LogP contribution in [0.5, 0.6) is 0 Å². The zero-order valence-electron chi connectivity index (χ0n) is 10.0. The molecule has 0 atom stereocenters. The Labute approximate surface area is 112 Å². The number of hydrogen-bond donors (Lipinski definition) is 1. The summed E-state index contributed by atoms with van der Waals surface area (Å²) in [6.45, 7) is 0. The van der Waals surface area contributed by atoms with Crippen LogP contribution in [0.3, 0.4) is 0 Å². The van der Waals surface area contributed by atoms with Crippen molar-refractivity contribution in [1.29, 1.82) is 0 Å². The van der Waals surface area contributed by atoms with Crippen LogP contribution in [0, 0.1) is 0 Å². The summed E-state index contributed by atoms with van der Waals surface area (Å²) in [6.07, 6.45) is 6.20. The number of carboxylic acids is 1. The Bertz CT molecular complexity index is 741. The fourth-order valence-corrected chi connectivity index (χ4v) is 3.57. The SMILES string of the molecule is O=C(O)/C=C/c1nc2sc3c(c2c(=O)o1)CCCC3. The molecule has 2 heterocycles. The number of hydrogen-bond acceptors (Lipinski definition) is 5. The minimum Gasteiger partial charge on any atom is -0.478 e. The van der Waals surface area contributed by atoms with E-state index in [0.29, 0.717) is 10.2 Å². The molecule has 98 valence electrons.